The molecule has 0 rings (SSSR count). The Morgan fingerprint density at radius 2 is 1.72 bits per heavy atom. The Balaban J connectivity index is 3.93. The number of Topliss-reactive ketones (excluding diaryl/α,β-unsaturated/α-hetero) is 1. The summed E-state index contributed by atoms with van der Waals surface area (Å²) in [5, 5.41) is 10.3. The number of carbonyl (C=O) groups excluding carboxylic acids is 1. The van der Waals surface area contributed by atoms with Gasteiger partial charge in [-0.3, -0.25) is 4.79 Å². The summed E-state index contributed by atoms with van der Waals surface area (Å²) in [7, 11) is 0. The van der Waals surface area contributed by atoms with Gasteiger partial charge in [-0.15, -0.1) is 6.58 Å². The molecule has 1 atom stereocenters. The molecular formula is C16H30O2. The molecule has 0 heterocycles. The predicted molar refractivity (Wildman–Crippen MR) is 77.7 cm³/mol. The molecule has 0 aliphatic carbocycles. The van der Waals surface area contributed by atoms with Crippen molar-refractivity contribution < 1.29 is 9.90 Å². The van der Waals surface area contributed by atoms with Crippen molar-refractivity contribution in [2.24, 2.45) is 0 Å². The van der Waals surface area contributed by atoms with Gasteiger partial charge in [-0.25, -0.2) is 0 Å². The van der Waals surface area contributed by atoms with E-state index in [1.54, 1.807) is 6.08 Å². The van der Waals surface area contributed by atoms with Gasteiger partial charge < -0.3 is 5.11 Å². The summed E-state index contributed by atoms with van der Waals surface area (Å²) in [6, 6.07) is 0. The summed E-state index contributed by atoms with van der Waals surface area (Å²) in [4.78, 5) is 11.8. The molecule has 18 heavy (non-hydrogen) atoms. The third kappa shape index (κ3) is 8.46. The molecule has 0 bridgehead atoms. The molecule has 0 amide bonds. The van der Waals surface area contributed by atoms with E-state index in [-0.39, 0.29) is 12.2 Å². The van der Waals surface area contributed by atoms with Crippen LogP contribution in [0.1, 0.15) is 78.1 Å². The highest BCUT2D eigenvalue weighted by molar-refractivity contribution is 5.79. The highest BCUT2D eigenvalue weighted by atomic mass is 16.3. The molecule has 2 nitrogen and oxygen atoms in total. The lowest BCUT2D eigenvalue weighted by molar-refractivity contribution is -0.122. The van der Waals surface area contributed by atoms with Crippen LogP contribution in [0.2, 0.25) is 0 Å². The second-order valence-electron chi connectivity index (χ2n) is 5.29. The molecule has 106 valence electrons. The van der Waals surface area contributed by atoms with Crippen molar-refractivity contribution in [3.63, 3.8) is 0 Å². The van der Waals surface area contributed by atoms with Crippen molar-refractivity contribution in [3.8, 4) is 0 Å². The minimum absolute atomic E-state index is 0.171. The maximum atomic E-state index is 11.8. The zero-order valence-corrected chi connectivity index (χ0v) is 12.2. The van der Waals surface area contributed by atoms with E-state index < -0.39 is 5.60 Å². The molecule has 0 aromatic heterocycles. The van der Waals surface area contributed by atoms with Crippen LogP contribution in [0.4, 0.5) is 0 Å². The molecule has 0 fully saturated rings. The molecule has 0 aliphatic heterocycles. The molecule has 0 radical (unpaired) electrons. The fraction of sp³-hybridized carbons (Fsp3) is 0.812. The summed E-state index contributed by atoms with van der Waals surface area (Å²) in [6.07, 6.45) is 10.7. The number of rotatable bonds is 12. The van der Waals surface area contributed by atoms with Crippen LogP contribution in [0.25, 0.3) is 0 Å². The standard InChI is InChI=1S/C16H30O2/c1-4-7-9-10-12-15(17)14-16(18,6-3)13-11-8-5-2/h6,18H,3-5,7-14H2,1-2H3. The topological polar surface area (TPSA) is 37.3 Å². The van der Waals surface area contributed by atoms with Crippen LogP contribution >= 0.6 is 0 Å². The number of hydrogen-bond donors (Lipinski definition) is 1. The lowest BCUT2D eigenvalue weighted by Gasteiger charge is -2.23. The second kappa shape index (κ2) is 10.3. The third-order valence-electron chi connectivity index (χ3n) is 3.41. The maximum absolute atomic E-state index is 11.8. The van der Waals surface area contributed by atoms with E-state index in [2.05, 4.69) is 20.4 Å². The van der Waals surface area contributed by atoms with Crippen LogP contribution in [0.3, 0.4) is 0 Å². The predicted octanol–water partition coefficient (Wildman–Crippen LogP) is 4.41. The largest absolute Gasteiger partial charge is 0.385 e. The molecular weight excluding hydrogens is 224 g/mol. The van der Waals surface area contributed by atoms with Gasteiger partial charge in [-0.1, -0.05) is 58.4 Å². The molecule has 0 aromatic carbocycles. The monoisotopic (exact) mass is 254 g/mol. The van der Waals surface area contributed by atoms with Gasteiger partial charge in [0.25, 0.3) is 0 Å². The van der Waals surface area contributed by atoms with Gasteiger partial charge in [0.2, 0.25) is 0 Å². The minimum atomic E-state index is -0.975. The number of carbonyl (C=O) groups is 1. The van der Waals surface area contributed by atoms with Gasteiger partial charge >= 0.3 is 0 Å². The van der Waals surface area contributed by atoms with Crippen molar-refractivity contribution in [3.05, 3.63) is 12.7 Å². The first-order valence-electron chi connectivity index (χ1n) is 7.45. The van der Waals surface area contributed by atoms with E-state index in [0.717, 1.165) is 32.1 Å². The molecule has 1 unspecified atom stereocenters. The zero-order chi connectivity index (χ0) is 13.9. The summed E-state index contributed by atoms with van der Waals surface area (Å²) in [5.74, 6) is 0.171. The highest BCUT2D eigenvalue weighted by Crippen LogP contribution is 2.22. The SMILES string of the molecule is C=CC(O)(CCCCC)CC(=O)CCCCCC. The van der Waals surface area contributed by atoms with Crippen molar-refractivity contribution in [2.45, 2.75) is 83.7 Å². The average molecular weight is 254 g/mol. The first-order valence-corrected chi connectivity index (χ1v) is 7.45. The fourth-order valence-corrected chi connectivity index (χ4v) is 2.12. The Morgan fingerprint density at radius 3 is 2.28 bits per heavy atom. The highest BCUT2D eigenvalue weighted by Gasteiger charge is 2.25. The second-order valence-corrected chi connectivity index (χ2v) is 5.29. The van der Waals surface area contributed by atoms with Gasteiger partial charge in [-0.05, 0) is 12.8 Å². The quantitative estimate of drug-likeness (QED) is 0.413. The lowest BCUT2D eigenvalue weighted by Crippen LogP contribution is -2.29. The first kappa shape index (κ1) is 17.4. The normalized spacial score (nSPS) is 14.2. The minimum Gasteiger partial charge on any atom is -0.385 e. The first-order chi connectivity index (χ1) is 8.58. The lowest BCUT2D eigenvalue weighted by atomic mass is 9.89. The Kier molecular flexibility index (Phi) is 9.95. The average Bonchev–Trinajstić information content (AvgIpc) is 2.35. The molecule has 2 heteroatoms. The summed E-state index contributed by atoms with van der Waals surface area (Å²) in [5.41, 5.74) is -0.975. The van der Waals surface area contributed by atoms with Crippen LogP contribution in [0.15, 0.2) is 12.7 Å². The van der Waals surface area contributed by atoms with Crippen molar-refractivity contribution in [1.29, 1.82) is 0 Å². The Labute approximate surface area is 112 Å². The molecule has 0 aromatic rings. The number of aliphatic hydroxyl groups is 1. The summed E-state index contributed by atoms with van der Waals surface area (Å²) >= 11 is 0. The van der Waals surface area contributed by atoms with Crippen LogP contribution in [0, 0.1) is 0 Å². The van der Waals surface area contributed by atoms with Crippen LogP contribution < -0.4 is 0 Å². The van der Waals surface area contributed by atoms with Gasteiger partial charge in [0.05, 0.1) is 5.60 Å². The van der Waals surface area contributed by atoms with E-state index in [0.29, 0.717) is 12.8 Å². The van der Waals surface area contributed by atoms with Crippen LogP contribution in [-0.2, 0) is 4.79 Å². The fourth-order valence-electron chi connectivity index (χ4n) is 2.12. The van der Waals surface area contributed by atoms with E-state index in [4.69, 9.17) is 0 Å². The third-order valence-corrected chi connectivity index (χ3v) is 3.41. The van der Waals surface area contributed by atoms with Gasteiger partial charge in [0, 0.05) is 12.8 Å². The van der Waals surface area contributed by atoms with E-state index in [1.807, 2.05) is 0 Å². The zero-order valence-electron chi connectivity index (χ0n) is 12.2. The number of unbranched alkanes of at least 4 members (excludes halogenated alkanes) is 5. The Bertz CT molecular complexity index is 235. The molecule has 0 saturated heterocycles. The Morgan fingerprint density at radius 1 is 1.11 bits per heavy atom. The molecule has 1 N–H and O–H groups in total. The number of hydrogen-bond acceptors (Lipinski definition) is 2. The van der Waals surface area contributed by atoms with Gasteiger partial charge in [0.15, 0.2) is 0 Å². The van der Waals surface area contributed by atoms with E-state index in [1.165, 1.54) is 12.8 Å². The van der Waals surface area contributed by atoms with Crippen molar-refractivity contribution >= 4 is 5.78 Å². The number of ketones is 1. The summed E-state index contributed by atoms with van der Waals surface area (Å²) in [6.45, 7) is 7.96. The van der Waals surface area contributed by atoms with Crippen LogP contribution in [-0.4, -0.2) is 16.5 Å². The smallest absolute Gasteiger partial charge is 0.136 e. The van der Waals surface area contributed by atoms with Crippen molar-refractivity contribution in [1.82, 2.24) is 0 Å². The van der Waals surface area contributed by atoms with Crippen molar-refractivity contribution in [2.75, 3.05) is 0 Å². The molecule has 0 aliphatic rings. The Hall–Kier alpha value is -0.630. The molecule has 0 spiro atoms. The van der Waals surface area contributed by atoms with E-state index >= 15 is 0 Å². The maximum Gasteiger partial charge on any atom is 0.136 e. The molecule has 0 saturated carbocycles. The van der Waals surface area contributed by atoms with Gasteiger partial charge in [0.1, 0.15) is 5.78 Å². The van der Waals surface area contributed by atoms with Crippen LogP contribution in [0.5, 0.6) is 0 Å². The van der Waals surface area contributed by atoms with E-state index in [9.17, 15) is 9.90 Å². The van der Waals surface area contributed by atoms with Gasteiger partial charge in [-0.2, -0.15) is 0 Å². The summed E-state index contributed by atoms with van der Waals surface area (Å²) < 4.78 is 0.